The number of halogens is 2. The summed E-state index contributed by atoms with van der Waals surface area (Å²) in [7, 11) is 1.52. The van der Waals surface area contributed by atoms with Crippen molar-refractivity contribution in [3.63, 3.8) is 0 Å². The van der Waals surface area contributed by atoms with Gasteiger partial charge in [0.15, 0.2) is 0 Å². The molecule has 0 unspecified atom stereocenters. The van der Waals surface area contributed by atoms with E-state index in [-0.39, 0.29) is 11.3 Å². The van der Waals surface area contributed by atoms with Gasteiger partial charge in [-0.2, -0.15) is 0 Å². The third-order valence-electron chi connectivity index (χ3n) is 2.68. The summed E-state index contributed by atoms with van der Waals surface area (Å²) >= 11 is 0. The number of amides is 1. The van der Waals surface area contributed by atoms with E-state index < -0.39 is 17.5 Å². The molecule has 2 aromatic rings. The summed E-state index contributed by atoms with van der Waals surface area (Å²) in [6.45, 7) is 0. The van der Waals surface area contributed by atoms with Gasteiger partial charge in [0.05, 0.1) is 18.4 Å². The molecular weight excluding hydrogens is 266 g/mol. The van der Waals surface area contributed by atoms with Crippen molar-refractivity contribution in [3.05, 3.63) is 53.6 Å². The lowest BCUT2D eigenvalue weighted by Gasteiger charge is -2.08. The lowest BCUT2D eigenvalue weighted by Crippen LogP contribution is -2.14. The second-order valence-electron chi connectivity index (χ2n) is 4.04. The Morgan fingerprint density at radius 3 is 2.40 bits per heavy atom. The number of hydrogen-bond acceptors (Lipinski definition) is 3. The summed E-state index contributed by atoms with van der Waals surface area (Å²) < 4.78 is 31.5. The largest absolute Gasteiger partial charge is 0.497 e. The van der Waals surface area contributed by atoms with Crippen LogP contribution >= 0.6 is 0 Å². The molecule has 0 spiro atoms. The number of anilines is 2. The molecule has 0 radical (unpaired) electrons. The van der Waals surface area contributed by atoms with E-state index >= 15 is 0 Å². The van der Waals surface area contributed by atoms with Crippen molar-refractivity contribution in [3.8, 4) is 5.75 Å². The topological polar surface area (TPSA) is 64.3 Å². The fourth-order valence-corrected chi connectivity index (χ4v) is 1.61. The first-order valence-electron chi connectivity index (χ1n) is 5.71. The Morgan fingerprint density at radius 1 is 1.15 bits per heavy atom. The Morgan fingerprint density at radius 2 is 1.80 bits per heavy atom. The number of benzene rings is 2. The van der Waals surface area contributed by atoms with E-state index in [0.717, 1.165) is 6.07 Å². The SMILES string of the molecule is COc1ccc(NC(=O)c2cc(N)c(F)cc2F)cc1. The van der Waals surface area contributed by atoms with Crippen LogP contribution in [0.3, 0.4) is 0 Å². The fourth-order valence-electron chi connectivity index (χ4n) is 1.61. The smallest absolute Gasteiger partial charge is 0.258 e. The minimum absolute atomic E-state index is 0.286. The molecule has 0 atom stereocenters. The average molecular weight is 278 g/mol. The number of ether oxygens (including phenoxy) is 1. The van der Waals surface area contributed by atoms with E-state index in [0.29, 0.717) is 17.5 Å². The van der Waals surface area contributed by atoms with Crippen LogP contribution in [0.1, 0.15) is 10.4 Å². The first-order chi connectivity index (χ1) is 9.51. The number of nitrogen functional groups attached to an aromatic ring is 1. The molecule has 2 rings (SSSR count). The highest BCUT2D eigenvalue weighted by Gasteiger charge is 2.15. The van der Waals surface area contributed by atoms with E-state index in [1.54, 1.807) is 24.3 Å². The highest BCUT2D eigenvalue weighted by Crippen LogP contribution is 2.19. The Bertz CT molecular complexity index is 642. The third kappa shape index (κ3) is 2.85. The minimum atomic E-state index is -0.970. The number of nitrogens with one attached hydrogen (secondary N) is 1. The quantitative estimate of drug-likeness (QED) is 0.848. The van der Waals surface area contributed by atoms with Crippen molar-refractivity contribution in [2.45, 2.75) is 0 Å². The van der Waals surface area contributed by atoms with Crippen LogP contribution in [0.25, 0.3) is 0 Å². The van der Waals surface area contributed by atoms with Crippen molar-refractivity contribution >= 4 is 17.3 Å². The molecule has 0 aliphatic heterocycles. The van der Waals surface area contributed by atoms with Gasteiger partial charge in [-0.05, 0) is 30.3 Å². The van der Waals surface area contributed by atoms with Crippen molar-refractivity contribution in [1.82, 2.24) is 0 Å². The summed E-state index contributed by atoms with van der Waals surface area (Å²) in [6, 6.07) is 8.03. The summed E-state index contributed by atoms with van der Waals surface area (Å²) in [5.74, 6) is -1.95. The highest BCUT2D eigenvalue weighted by atomic mass is 19.1. The number of methoxy groups -OCH3 is 1. The Kier molecular flexibility index (Phi) is 3.84. The fraction of sp³-hybridized carbons (Fsp3) is 0.0714. The molecule has 2 aromatic carbocycles. The number of nitrogens with two attached hydrogens (primary N) is 1. The van der Waals surface area contributed by atoms with Crippen LogP contribution in [0.2, 0.25) is 0 Å². The van der Waals surface area contributed by atoms with E-state index in [1.807, 2.05) is 0 Å². The first kappa shape index (κ1) is 13.8. The van der Waals surface area contributed by atoms with Gasteiger partial charge in [-0.3, -0.25) is 4.79 Å². The van der Waals surface area contributed by atoms with Crippen molar-refractivity contribution in [2.24, 2.45) is 0 Å². The molecule has 0 aliphatic carbocycles. The summed E-state index contributed by atoms with van der Waals surface area (Å²) in [6.07, 6.45) is 0. The van der Waals surface area contributed by atoms with Gasteiger partial charge in [-0.1, -0.05) is 0 Å². The zero-order chi connectivity index (χ0) is 14.7. The molecule has 104 valence electrons. The van der Waals surface area contributed by atoms with Crippen LogP contribution in [0.5, 0.6) is 5.75 Å². The number of hydrogen-bond donors (Lipinski definition) is 2. The Balaban J connectivity index is 2.21. The molecule has 4 nitrogen and oxygen atoms in total. The highest BCUT2D eigenvalue weighted by molar-refractivity contribution is 6.05. The normalized spacial score (nSPS) is 10.2. The van der Waals surface area contributed by atoms with E-state index in [2.05, 4.69) is 5.32 Å². The summed E-state index contributed by atoms with van der Waals surface area (Å²) in [5, 5.41) is 2.48. The molecule has 0 aromatic heterocycles. The third-order valence-corrected chi connectivity index (χ3v) is 2.68. The molecular formula is C14H12F2N2O2. The number of rotatable bonds is 3. The molecule has 20 heavy (non-hydrogen) atoms. The van der Waals surface area contributed by atoms with Gasteiger partial charge in [-0.15, -0.1) is 0 Å². The monoisotopic (exact) mass is 278 g/mol. The molecule has 0 bridgehead atoms. The lowest BCUT2D eigenvalue weighted by atomic mass is 10.1. The van der Waals surface area contributed by atoms with Gasteiger partial charge in [0, 0.05) is 11.8 Å². The van der Waals surface area contributed by atoms with Crippen molar-refractivity contribution in [2.75, 3.05) is 18.2 Å². The maximum Gasteiger partial charge on any atom is 0.258 e. The molecule has 0 aliphatic rings. The van der Waals surface area contributed by atoms with Gasteiger partial charge in [0.25, 0.3) is 5.91 Å². The lowest BCUT2D eigenvalue weighted by molar-refractivity contribution is 0.102. The summed E-state index contributed by atoms with van der Waals surface area (Å²) in [5.41, 5.74) is 5.17. The van der Waals surface area contributed by atoms with Gasteiger partial charge >= 0.3 is 0 Å². The molecule has 0 heterocycles. The number of carbonyl (C=O) groups excluding carboxylic acids is 1. The van der Waals surface area contributed by atoms with Crippen LogP contribution in [0, 0.1) is 11.6 Å². The van der Waals surface area contributed by atoms with E-state index in [9.17, 15) is 13.6 Å². The van der Waals surface area contributed by atoms with Crippen LogP contribution < -0.4 is 15.8 Å². The summed E-state index contributed by atoms with van der Waals surface area (Å²) in [4.78, 5) is 11.9. The molecule has 0 fully saturated rings. The van der Waals surface area contributed by atoms with Gasteiger partial charge in [-0.25, -0.2) is 8.78 Å². The van der Waals surface area contributed by atoms with E-state index in [4.69, 9.17) is 10.5 Å². The molecule has 6 heteroatoms. The second kappa shape index (κ2) is 5.56. The minimum Gasteiger partial charge on any atom is -0.497 e. The van der Waals surface area contributed by atoms with Gasteiger partial charge in [0.2, 0.25) is 0 Å². The molecule has 0 saturated carbocycles. The van der Waals surface area contributed by atoms with Gasteiger partial charge in [0.1, 0.15) is 17.4 Å². The Hall–Kier alpha value is -2.63. The predicted molar refractivity (Wildman–Crippen MR) is 71.7 cm³/mol. The molecule has 0 saturated heterocycles. The standard InChI is InChI=1S/C14H12F2N2O2/c1-20-9-4-2-8(3-5-9)18-14(19)10-6-13(17)12(16)7-11(10)15/h2-7H,17H2,1H3,(H,18,19). The maximum absolute atomic E-state index is 13.5. The molecule has 1 amide bonds. The predicted octanol–water partition coefficient (Wildman–Crippen LogP) is 2.81. The van der Waals surface area contributed by atoms with Crippen LogP contribution in [-0.2, 0) is 0 Å². The first-order valence-corrected chi connectivity index (χ1v) is 5.71. The maximum atomic E-state index is 13.5. The van der Waals surface area contributed by atoms with Crippen molar-refractivity contribution in [1.29, 1.82) is 0 Å². The Labute approximate surface area is 114 Å². The van der Waals surface area contributed by atoms with Crippen LogP contribution in [0.15, 0.2) is 36.4 Å². The second-order valence-corrected chi connectivity index (χ2v) is 4.04. The van der Waals surface area contributed by atoms with Crippen molar-refractivity contribution < 1.29 is 18.3 Å². The van der Waals surface area contributed by atoms with Crippen LogP contribution in [0.4, 0.5) is 20.2 Å². The average Bonchev–Trinajstić information content (AvgIpc) is 2.43. The zero-order valence-electron chi connectivity index (χ0n) is 10.6. The van der Waals surface area contributed by atoms with Crippen LogP contribution in [-0.4, -0.2) is 13.0 Å². The zero-order valence-corrected chi connectivity index (χ0v) is 10.6. The van der Waals surface area contributed by atoms with E-state index in [1.165, 1.54) is 7.11 Å². The number of carbonyl (C=O) groups is 1. The molecule has 3 N–H and O–H groups in total. The van der Waals surface area contributed by atoms with Gasteiger partial charge < -0.3 is 15.8 Å².